The monoisotopic (exact) mass is 286 g/mol. The molecule has 0 aliphatic rings. The molecule has 4 nitrogen and oxygen atoms in total. The molecule has 1 unspecified atom stereocenters. The molecule has 0 saturated heterocycles. The summed E-state index contributed by atoms with van der Waals surface area (Å²) in [6.07, 6.45) is 2.04. The SMILES string of the molecule is CCCNC(=O)C(C)Oc1cccnc1Br. The zero-order valence-electron chi connectivity index (χ0n) is 9.37. The van der Waals surface area contributed by atoms with Gasteiger partial charge in [-0.2, -0.15) is 0 Å². The van der Waals surface area contributed by atoms with E-state index in [1.54, 1.807) is 25.3 Å². The van der Waals surface area contributed by atoms with Gasteiger partial charge < -0.3 is 10.1 Å². The van der Waals surface area contributed by atoms with Crippen LogP contribution in [0.3, 0.4) is 0 Å². The Balaban J connectivity index is 2.54. The fourth-order valence-corrected chi connectivity index (χ4v) is 1.44. The predicted octanol–water partition coefficient (Wildman–Crippen LogP) is 2.14. The van der Waals surface area contributed by atoms with Crippen molar-refractivity contribution in [1.29, 1.82) is 0 Å². The van der Waals surface area contributed by atoms with E-state index in [-0.39, 0.29) is 5.91 Å². The van der Waals surface area contributed by atoms with E-state index in [4.69, 9.17) is 4.74 Å². The van der Waals surface area contributed by atoms with Crippen molar-refractivity contribution in [1.82, 2.24) is 10.3 Å². The summed E-state index contributed by atoms with van der Waals surface area (Å²) in [4.78, 5) is 15.6. The van der Waals surface area contributed by atoms with Crippen LogP contribution in [0.25, 0.3) is 0 Å². The third kappa shape index (κ3) is 3.81. The second-order valence-corrected chi connectivity index (χ2v) is 4.09. The number of carbonyl (C=O) groups is 1. The maximum atomic E-state index is 11.5. The van der Waals surface area contributed by atoms with Gasteiger partial charge in [0.1, 0.15) is 4.60 Å². The molecular weight excluding hydrogens is 272 g/mol. The van der Waals surface area contributed by atoms with Crippen LogP contribution in [0.4, 0.5) is 0 Å². The van der Waals surface area contributed by atoms with E-state index >= 15 is 0 Å². The number of nitrogens with zero attached hydrogens (tertiary/aromatic N) is 1. The molecular formula is C11H15BrN2O2. The summed E-state index contributed by atoms with van der Waals surface area (Å²) in [7, 11) is 0. The minimum Gasteiger partial charge on any atom is -0.478 e. The number of aromatic nitrogens is 1. The highest BCUT2D eigenvalue weighted by molar-refractivity contribution is 9.10. The summed E-state index contributed by atoms with van der Waals surface area (Å²) in [6, 6.07) is 3.53. The van der Waals surface area contributed by atoms with Crippen molar-refractivity contribution in [2.24, 2.45) is 0 Å². The first-order valence-corrected chi connectivity index (χ1v) is 5.99. The van der Waals surface area contributed by atoms with Crippen molar-refractivity contribution in [2.45, 2.75) is 26.4 Å². The number of nitrogens with one attached hydrogen (secondary N) is 1. The number of carbonyl (C=O) groups excluding carboxylic acids is 1. The summed E-state index contributed by atoms with van der Waals surface area (Å²) >= 11 is 3.26. The first-order valence-electron chi connectivity index (χ1n) is 5.20. The lowest BCUT2D eigenvalue weighted by Gasteiger charge is -2.14. The van der Waals surface area contributed by atoms with E-state index in [1.807, 2.05) is 6.92 Å². The third-order valence-electron chi connectivity index (χ3n) is 1.95. The molecule has 0 aliphatic carbocycles. The zero-order chi connectivity index (χ0) is 12.0. The number of hydrogen-bond donors (Lipinski definition) is 1. The quantitative estimate of drug-likeness (QED) is 0.844. The van der Waals surface area contributed by atoms with Gasteiger partial charge in [-0.15, -0.1) is 0 Å². The highest BCUT2D eigenvalue weighted by atomic mass is 79.9. The van der Waals surface area contributed by atoms with E-state index < -0.39 is 6.10 Å². The van der Waals surface area contributed by atoms with Crippen molar-refractivity contribution in [3.8, 4) is 5.75 Å². The Morgan fingerprint density at radius 3 is 3.06 bits per heavy atom. The van der Waals surface area contributed by atoms with Crippen molar-refractivity contribution in [3.05, 3.63) is 22.9 Å². The fourth-order valence-electron chi connectivity index (χ4n) is 1.10. The first-order chi connectivity index (χ1) is 7.65. The molecule has 1 aromatic rings. The van der Waals surface area contributed by atoms with Crippen molar-refractivity contribution >= 4 is 21.8 Å². The van der Waals surface area contributed by atoms with Gasteiger partial charge in [-0.25, -0.2) is 4.98 Å². The molecule has 1 rings (SSSR count). The van der Waals surface area contributed by atoms with Gasteiger partial charge in [0.15, 0.2) is 11.9 Å². The lowest BCUT2D eigenvalue weighted by Crippen LogP contribution is -2.36. The van der Waals surface area contributed by atoms with Crippen LogP contribution < -0.4 is 10.1 Å². The van der Waals surface area contributed by atoms with E-state index in [0.29, 0.717) is 16.9 Å². The molecule has 0 fully saturated rings. The zero-order valence-corrected chi connectivity index (χ0v) is 11.0. The van der Waals surface area contributed by atoms with Gasteiger partial charge in [-0.05, 0) is 41.4 Å². The molecule has 1 atom stereocenters. The average Bonchev–Trinajstić information content (AvgIpc) is 2.28. The smallest absolute Gasteiger partial charge is 0.260 e. The van der Waals surface area contributed by atoms with Crippen molar-refractivity contribution in [2.75, 3.05) is 6.54 Å². The second-order valence-electron chi connectivity index (χ2n) is 3.34. The second kappa shape index (κ2) is 6.48. The summed E-state index contributed by atoms with van der Waals surface area (Å²) in [5.74, 6) is 0.458. The number of amides is 1. The van der Waals surface area contributed by atoms with Crippen LogP contribution in [-0.4, -0.2) is 23.5 Å². The average molecular weight is 287 g/mol. The van der Waals surface area contributed by atoms with Crippen LogP contribution in [0.15, 0.2) is 22.9 Å². The molecule has 88 valence electrons. The van der Waals surface area contributed by atoms with Crippen LogP contribution in [0, 0.1) is 0 Å². The molecule has 1 heterocycles. The normalized spacial score (nSPS) is 11.9. The number of halogens is 1. The Morgan fingerprint density at radius 1 is 1.69 bits per heavy atom. The highest BCUT2D eigenvalue weighted by Crippen LogP contribution is 2.22. The van der Waals surface area contributed by atoms with Crippen LogP contribution in [-0.2, 0) is 4.79 Å². The molecule has 0 aromatic carbocycles. The molecule has 1 amide bonds. The maximum absolute atomic E-state index is 11.5. The largest absolute Gasteiger partial charge is 0.478 e. The van der Waals surface area contributed by atoms with Gasteiger partial charge in [0.2, 0.25) is 0 Å². The summed E-state index contributed by atoms with van der Waals surface area (Å²) in [5.41, 5.74) is 0. The van der Waals surface area contributed by atoms with Gasteiger partial charge in [0.05, 0.1) is 0 Å². The fraction of sp³-hybridized carbons (Fsp3) is 0.455. The lowest BCUT2D eigenvalue weighted by atomic mass is 10.3. The molecule has 1 N–H and O–H groups in total. The van der Waals surface area contributed by atoms with E-state index in [2.05, 4.69) is 26.2 Å². The molecule has 0 bridgehead atoms. The van der Waals surface area contributed by atoms with E-state index in [9.17, 15) is 4.79 Å². The number of ether oxygens (including phenoxy) is 1. The Hall–Kier alpha value is -1.10. The standard InChI is InChI=1S/C11H15BrN2O2/c1-3-6-14-11(15)8(2)16-9-5-4-7-13-10(9)12/h4-5,7-8H,3,6H2,1-2H3,(H,14,15). The maximum Gasteiger partial charge on any atom is 0.260 e. The number of pyridine rings is 1. The molecule has 5 heteroatoms. The lowest BCUT2D eigenvalue weighted by molar-refractivity contribution is -0.127. The minimum absolute atomic E-state index is 0.113. The van der Waals surface area contributed by atoms with Crippen LogP contribution in [0.2, 0.25) is 0 Å². The van der Waals surface area contributed by atoms with E-state index in [1.165, 1.54) is 0 Å². The van der Waals surface area contributed by atoms with Gasteiger partial charge in [0.25, 0.3) is 5.91 Å². The molecule has 0 radical (unpaired) electrons. The topological polar surface area (TPSA) is 51.2 Å². The Labute approximate surface area is 104 Å². The summed E-state index contributed by atoms with van der Waals surface area (Å²) in [5, 5.41) is 2.77. The van der Waals surface area contributed by atoms with Crippen LogP contribution in [0.5, 0.6) is 5.75 Å². The Morgan fingerprint density at radius 2 is 2.44 bits per heavy atom. The minimum atomic E-state index is -0.521. The van der Waals surface area contributed by atoms with Crippen LogP contribution >= 0.6 is 15.9 Å². The molecule has 1 aromatic heterocycles. The number of hydrogen-bond acceptors (Lipinski definition) is 3. The summed E-state index contributed by atoms with van der Waals surface area (Å²) in [6.45, 7) is 4.38. The van der Waals surface area contributed by atoms with Gasteiger partial charge in [0, 0.05) is 12.7 Å². The van der Waals surface area contributed by atoms with Crippen molar-refractivity contribution < 1.29 is 9.53 Å². The van der Waals surface area contributed by atoms with Gasteiger partial charge in [-0.1, -0.05) is 6.92 Å². The predicted molar refractivity (Wildman–Crippen MR) is 65.3 cm³/mol. The molecule has 16 heavy (non-hydrogen) atoms. The van der Waals surface area contributed by atoms with Gasteiger partial charge in [-0.3, -0.25) is 4.79 Å². The van der Waals surface area contributed by atoms with Crippen molar-refractivity contribution in [3.63, 3.8) is 0 Å². The highest BCUT2D eigenvalue weighted by Gasteiger charge is 2.15. The first kappa shape index (κ1) is 13.0. The third-order valence-corrected chi connectivity index (χ3v) is 2.54. The Bertz CT molecular complexity index is 358. The Kier molecular flexibility index (Phi) is 5.25. The number of rotatable bonds is 5. The molecule has 0 saturated carbocycles. The summed E-state index contributed by atoms with van der Waals surface area (Å²) < 4.78 is 6.08. The van der Waals surface area contributed by atoms with E-state index in [0.717, 1.165) is 6.42 Å². The van der Waals surface area contributed by atoms with Gasteiger partial charge >= 0.3 is 0 Å². The molecule has 0 aliphatic heterocycles. The van der Waals surface area contributed by atoms with Crippen LogP contribution in [0.1, 0.15) is 20.3 Å². The molecule has 0 spiro atoms.